The molecular weight excluding hydrogens is 336 g/mol. The molecule has 1 saturated heterocycles. The largest absolute Gasteiger partial charge is 0.497 e. The van der Waals surface area contributed by atoms with Gasteiger partial charge in [-0.15, -0.1) is 0 Å². The van der Waals surface area contributed by atoms with Gasteiger partial charge in [0.05, 0.1) is 13.0 Å². The molecule has 0 aromatic heterocycles. The number of rotatable bonds is 5. The minimum Gasteiger partial charge on any atom is -0.497 e. The van der Waals surface area contributed by atoms with Crippen molar-refractivity contribution < 1.29 is 9.53 Å². The van der Waals surface area contributed by atoms with E-state index in [1.807, 2.05) is 42.5 Å². The van der Waals surface area contributed by atoms with Crippen molar-refractivity contribution in [2.24, 2.45) is 5.92 Å². The van der Waals surface area contributed by atoms with Crippen molar-refractivity contribution in [3.05, 3.63) is 48.5 Å². The smallest absolute Gasteiger partial charge is 0.228 e. The van der Waals surface area contributed by atoms with Gasteiger partial charge in [0.15, 0.2) is 0 Å². The number of amides is 1. The summed E-state index contributed by atoms with van der Waals surface area (Å²) in [6, 6.07) is 16.7. The van der Waals surface area contributed by atoms with E-state index in [1.54, 1.807) is 7.11 Å². The molecule has 2 fully saturated rings. The maximum atomic E-state index is 13.0. The Kier molecular flexibility index (Phi) is 5.44. The highest BCUT2D eigenvalue weighted by Gasteiger charge is 2.32. The van der Waals surface area contributed by atoms with Crippen molar-refractivity contribution in [2.75, 3.05) is 25.5 Å². The molecule has 1 N–H and O–H groups in total. The highest BCUT2D eigenvalue weighted by Crippen LogP contribution is 2.32. The summed E-state index contributed by atoms with van der Waals surface area (Å²) in [5, 5.41) is 3.21. The zero-order valence-electron chi connectivity index (χ0n) is 16.0. The Bertz CT molecular complexity index is 783. The Morgan fingerprint density at radius 2 is 1.81 bits per heavy atom. The van der Waals surface area contributed by atoms with Gasteiger partial charge in [-0.25, -0.2) is 0 Å². The fourth-order valence-electron chi connectivity index (χ4n) is 4.15. The number of hydrogen-bond acceptors (Lipinski definition) is 3. The summed E-state index contributed by atoms with van der Waals surface area (Å²) in [7, 11) is 1.67. The van der Waals surface area contributed by atoms with Crippen LogP contribution in [0.2, 0.25) is 0 Å². The molecule has 0 spiro atoms. The van der Waals surface area contributed by atoms with Crippen molar-refractivity contribution in [1.29, 1.82) is 0 Å². The molecule has 1 aliphatic carbocycles. The van der Waals surface area contributed by atoms with Crippen molar-refractivity contribution >= 4 is 11.6 Å². The van der Waals surface area contributed by atoms with Gasteiger partial charge in [-0.1, -0.05) is 36.8 Å². The lowest BCUT2D eigenvalue weighted by atomic mass is 9.87. The van der Waals surface area contributed by atoms with Crippen LogP contribution in [-0.4, -0.2) is 37.0 Å². The number of benzene rings is 2. The van der Waals surface area contributed by atoms with E-state index in [1.165, 1.54) is 19.3 Å². The van der Waals surface area contributed by atoms with Crippen LogP contribution in [0, 0.1) is 5.92 Å². The quantitative estimate of drug-likeness (QED) is 0.845. The molecule has 27 heavy (non-hydrogen) atoms. The van der Waals surface area contributed by atoms with Crippen LogP contribution in [0.3, 0.4) is 0 Å². The van der Waals surface area contributed by atoms with Gasteiger partial charge in [0.2, 0.25) is 5.91 Å². The summed E-state index contributed by atoms with van der Waals surface area (Å²) in [4.78, 5) is 15.5. The highest BCUT2D eigenvalue weighted by atomic mass is 16.5. The average Bonchev–Trinajstić information content (AvgIpc) is 2.67. The molecule has 2 aromatic carbocycles. The van der Waals surface area contributed by atoms with Crippen LogP contribution < -0.4 is 10.1 Å². The molecule has 142 valence electrons. The first-order chi connectivity index (χ1) is 13.2. The van der Waals surface area contributed by atoms with Gasteiger partial charge in [0, 0.05) is 23.8 Å². The third-order valence-electron chi connectivity index (χ3n) is 6.00. The third-order valence-corrected chi connectivity index (χ3v) is 6.00. The van der Waals surface area contributed by atoms with Crippen LogP contribution in [-0.2, 0) is 4.79 Å². The van der Waals surface area contributed by atoms with Crippen molar-refractivity contribution in [1.82, 2.24) is 4.90 Å². The molecule has 1 atom stereocenters. The number of methoxy groups -OCH3 is 1. The lowest BCUT2D eigenvalue weighted by molar-refractivity contribution is -0.122. The number of nitrogens with zero attached hydrogens (tertiary/aromatic N) is 1. The van der Waals surface area contributed by atoms with Gasteiger partial charge in [0.25, 0.3) is 0 Å². The summed E-state index contributed by atoms with van der Waals surface area (Å²) in [6.07, 6.45) is 6.05. The monoisotopic (exact) mass is 364 g/mol. The standard InChI is InChI=1S/C23H28N2O2/c1-27-20-13-11-17(12-14-20)21-9-2-3-10-22(21)24-23(26)18-6-5-15-25(16-18)19-7-4-8-19/h2-3,9-14,18-19H,4-8,15-16H2,1H3,(H,24,26)/t18-/m1/s1. The van der Waals surface area contributed by atoms with Gasteiger partial charge in [-0.2, -0.15) is 0 Å². The highest BCUT2D eigenvalue weighted by molar-refractivity contribution is 5.97. The van der Waals surface area contributed by atoms with Crippen LogP contribution in [0.25, 0.3) is 11.1 Å². The predicted molar refractivity (Wildman–Crippen MR) is 109 cm³/mol. The van der Waals surface area contributed by atoms with Crippen molar-refractivity contribution in [3.63, 3.8) is 0 Å². The van der Waals surface area contributed by atoms with Crippen LogP contribution in [0.4, 0.5) is 5.69 Å². The van der Waals surface area contributed by atoms with Crippen LogP contribution in [0.1, 0.15) is 32.1 Å². The average molecular weight is 364 g/mol. The summed E-state index contributed by atoms with van der Waals surface area (Å²) in [5.41, 5.74) is 3.00. The Hall–Kier alpha value is -2.33. The zero-order chi connectivity index (χ0) is 18.6. The molecule has 4 rings (SSSR count). The number of hydrogen-bond donors (Lipinski definition) is 1. The first-order valence-electron chi connectivity index (χ1n) is 10.0. The fourth-order valence-corrected chi connectivity index (χ4v) is 4.15. The van der Waals surface area contributed by atoms with Crippen molar-refractivity contribution in [3.8, 4) is 16.9 Å². The SMILES string of the molecule is COc1ccc(-c2ccccc2NC(=O)[C@@H]2CCCN(C3CCC3)C2)cc1. The number of nitrogens with one attached hydrogen (secondary N) is 1. The summed E-state index contributed by atoms with van der Waals surface area (Å²) in [6.45, 7) is 2.05. The second-order valence-corrected chi connectivity index (χ2v) is 7.68. The normalized spacial score (nSPS) is 20.7. The van der Waals surface area contributed by atoms with Gasteiger partial charge in [0.1, 0.15) is 5.75 Å². The third kappa shape index (κ3) is 4.01. The number of likely N-dealkylation sites (tertiary alicyclic amines) is 1. The van der Waals surface area contributed by atoms with E-state index in [-0.39, 0.29) is 11.8 Å². The molecule has 1 saturated carbocycles. The lowest BCUT2D eigenvalue weighted by Crippen LogP contribution is -2.48. The van der Waals surface area contributed by atoms with Crippen LogP contribution in [0.5, 0.6) is 5.75 Å². The molecule has 4 nitrogen and oxygen atoms in total. The van der Waals surface area contributed by atoms with E-state index in [0.717, 1.165) is 48.5 Å². The lowest BCUT2D eigenvalue weighted by Gasteiger charge is -2.42. The number of piperidine rings is 1. The van der Waals surface area contributed by atoms with Gasteiger partial charge < -0.3 is 10.1 Å². The van der Waals surface area contributed by atoms with Crippen LogP contribution in [0.15, 0.2) is 48.5 Å². The number of carbonyl (C=O) groups is 1. The minimum absolute atomic E-state index is 0.0864. The Morgan fingerprint density at radius 3 is 2.52 bits per heavy atom. The molecule has 0 radical (unpaired) electrons. The molecule has 2 aromatic rings. The fraction of sp³-hybridized carbons (Fsp3) is 0.435. The van der Waals surface area contributed by atoms with E-state index in [9.17, 15) is 4.79 Å². The molecule has 4 heteroatoms. The Labute approximate surface area is 161 Å². The Morgan fingerprint density at radius 1 is 1.04 bits per heavy atom. The van der Waals surface area contributed by atoms with E-state index < -0.39 is 0 Å². The number of anilines is 1. The van der Waals surface area contributed by atoms with E-state index in [2.05, 4.69) is 16.3 Å². The molecule has 1 amide bonds. The molecule has 2 aliphatic rings. The maximum Gasteiger partial charge on any atom is 0.228 e. The van der Waals surface area contributed by atoms with Gasteiger partial charge in [-0.05, 0) is 56.0 Å². The first-order valence-corrected chi connectivity index (χ1v) is 10.0. The first kappa shape index (κ1) is 18.1. The molecule has 1 aliphatic heterocycles. The second kappa shape index (κ2) is 8.13. The maximum absolute atomic E-state index is 13.0. The summed E-state index contributed by atoms with van der Waals surface area (Å²) < 4.78 is 5.25. The van der Waals surface area contributed by atoms with Gasteiger partial charge in [-0.3, -0.25) is 9.69 Å². The zero-order valence-corrected chi connectivity index (χ0v) is 16.0. The summed E-state index contributed by atoms with van der Waals surface area (Å²) >= 11 is 0. The number of carbonyl (C=O) groups excluding carboxylic acids is 1. The van der Waals surface area contributed by atoms with Crippen LogP contribution >= 0.6 is 0 Å². The van der Waals surface area contributed by atoms with Crippen molar-refractivity contribution in [2.45, 2.75) is 38.1 Å². The number of ether oxygens (including phenoxy) is 1. The Balaban J connectivity index is 1.47. The van der Waals surface area contributed by atoms with E-state index in [4.69, 9.17) is 4.74 Å². The molecule has 1 heterocycles. The molecular formula is C23H28N2O2. The second-order valence-electron chi connectivity index (χ2n) is 7.68. The minimum atomic E-state index is 0.0864. The molecule has 0 bridgehead atoms. The van der Waals surface area contributed by atoms with E-state index >= 15 is 0 Å². The predicted octanol–water partition coefficient (Wildman–Crippen LogP) is 4.57. The number of para-hydroxylation sites is 1. The molecule has 0 unspecified atom stereocenters. The summed E-state index contributed by atoms with van der Waals surface area (Å²) in [5.74, 6) is 1.07. The van der Waals surface area contributed by atoms with Gasteiger partial charge >= 0.3 is 0 Å². The topological polar surface area (TPSA) is 41.6 Å². The van der Waals surface area contributed by atoms with E-state index in [0.29, 0.717) is 6.04 Å².